The minimum absolute atomic E-state index is 0.0318. The number of rotatable bonds is 14. The number of ether oxygens (including phenoxy) is 4. The fourth-order valence-corrected chi connectivity index (χ4v) is 22.5. The summed E-state index contributed by atoms with van der Waals surface area (Å²) in [6.45, 7) is 19.2. The number of halogens is 4. The molecule has 0 spiro atoms. The van der Waals surface area contributed by atoms with Gasteiger partial charge in [-0.15, -0.1) is 0 Å². The monoisotopic (exact) mass is 1950 g/mol. The van der Waals surface area contributed by atoms with Crippen LogP contribution in [0, 0.1) is 13.8 Å². The molecule has 8 aliphatic rings. The van der Waals surface area contributed by atoms with E-state index >= 15 is 0 Å². The Morgan fingerprint density at radius 2 is 0.604 bits per heavy atom. The van der Waals surface area contributed by atoms with Gasteiger partial charge in [0.2, 0.25) is 23.6 Å². The second-order valence-electron chi connectivity index (χ2n) is 39.3. The highest BCUT2D eigenvalue weighted by Gasteiger charge is 2.43. The largest absolute Gasteiger partial charge is 0.381 e. The fraction of sp³-hybridized carbons (Fsp3) is 0.407. The SMILES string of the molecule is C[C@@H]1C(=O)N(C)Cc2c(-c3cccc4nc(-c5ccn(C)n5)c(C(F)F)cc34)nc(C3CCOCC3)n21.C[C@H]1C(=O)N(C)Cc2c(-c3cccc4nc(-c5ccn(C)n5)c(C(F)F)cc34)nc(C3CCOCC3)n21.Cc1nn(C)cc1-c1cc2cccc(-c3nc(C4CCOCC4)n4c3CN(C)C(=O)[C@@H]4C)c2cn1.Cc1nn(C)cc1-c1cc2cccc(-c3nc(C4CCOCC4)n4c3CN(C)C(=O)[C@H]4C)c2cn1. The molecule has 32 nitrogen and oxygen atoms in total. The molecule has 16 aromatic rings. The van der Waals surface area contributed by atoms with Crippen LogP contribution in [0.4, 0.5) is 17.6 Å². The number of hydrogen-bond acceptors (Lipinski definition) is 20. The number of aryl methyl sites for hydroxylation is 6. The number of carbonyl (C=O) groups excluding carboxylic acids is 4. The summed E-state index contributed by atoms with van der Waals surface area (Å²) in [6.07, 6.45) is 12.9. The smallest absolute Gasteiger partial charge is 0.266 e. The highest BCUT2D eigenvalue weighted by molar-refractivity contribution is 6.02. The lowest BCUT2D eigenvalue weighted by Gasteiger charge is -2.32. The molecule has 4 atom stereocenters. The summed E-state index contributed by atoms with van der Waals surface area (Å²) in [5.74, 6) is 5.01. The van der Waals surface area contributed by atoms with Crippen molar-refractivity contribution in [2.75, 3.05) is 81.0 Å². The van der Waals surface area contributed by atoms with Gasteiger partial charge < -0.3 is 56.8 Å². The first-order valence-corrected chi connectivity index (χ1v) is 49.5. The number of amides is 4. The maximum atomic E-state index is 14.3. The zero-order chi connectivity index (χ0) is 100. The van der Waals surface area contributed by atoms with Crippen LogP contribution in [0.25, 0.3) is 134 Å². The molecule has 744 valence electrons. The summed E-state index contributed by atoms with van der Waals surface area (Å²) in [7, 11) is 14.7. The summed E-state index contributed by atoms with van der Waals surface area (Å²) in [6, 6.07) is 33.2. The van der Waals surface area contributed by atoms with Crippen molar-refractivity contribution in [3.05, 3.63) is 215 Å². The first-order chi connectivity index (χ1) is 69.5. The van der Waals surface area contributed by atoms with Crippen LogP contribution >= 0.6 is 0 Å². The van der Waals surface area contributed by atoms with Crippen molar-refractivity contribution in [2.24, 2.45) is 28.2 Å². The number of benzene rings is 4. The molecule has 0 radical (unpaired) electrons. The van der Waals surface area contributed by atoms with Crippen LogP contribution in [-0.4, -0.2) is 222 Å². The molecule has 0 unspecified atom stereocenters. The molecule has 36 heteroatoms. The lowest BCUT2D eigenvalue weighted by Crippen LogP contribution is -2.40. The molecule has 20 heterocycles. The van der Waals surface area contributed by atoms with Crippen LogP contribution in [0.3, 0.4) is 0 Å². The molecule has 4 fully saturated rings. The van der Waals surface area contributed by atoms with E-state index < -0.39 is 24.9 Å². The first kappa shape index (κ1) is 95.8. The van der Waals surface area contributed by atoms with E-state index in [4.69, 9.17) is 48.9 Å². The van der Waals surface area contributed by atoms with Crippen molar-refractivity contribution >= 4 is 67.0 Å². The number of likely N-dealkylation sites (N-methyl/N-ethyl adjacent to an activating group) is 4. The molecule has 0 saturated carbocycles. The number of pyridine rings is 4. The zero-order valence-electron chi connectivity index (χ0n) is 83.3. The standard InChI is InChI=1S/2C27H28F2N6O2.2C27H30N6O2/c2*1-15-27(36)33(2)14-22-24(31-26(35(15)22)16-8-11-37-12-9-16)17-5-4-6-20-18(17)13-19(25(28)29)23(30-20)21-7-10-34(3)32-21;2*1-16-22(14-32(4)30-16)23-12-19-6-5-7-20(21(19)13-28-23)25-24-15-31(3)27(34)17(2)33(24)26(29-25)18-8-10-35-11-9-18/h2*4-7,10,13,15-16,25H,8-9,11-12,14H2,1-3H3;2*5-7,12-14,17-18H,8-11,15H2,1-4H3/t2*15-;2*17-/m1010/s1. The van der Waals surface area contributed by atoms with Crippen molar-refractivity contribution in [3.8, 4) is 90.3 Å². The minimum atomic E-state index is -2.72. The Hall–Kier alpha value is -14.4. The Labute approximate surface area is 829 Å². The summed E-state index contributed by atoms with van der Waals surface area (Å²) in [5, 5.41) is 23.1. The normalized spacial score (nSPS) is 18.8. The number of aromatic nitrogens is 20. The lowest BCUT2D eigenvalue weighted by atomic mass is 9.98. The molecule has 4 saturated heterocycles. The Morgan fingerprint density at radius 3 is 0.868 bits per heavy atom. The second-order valence-corrected chi connectivity index (χ2v) is 39.3. The van der Waals surface area contributed by atoms with Gasteiger partial charge in [-0.05, 0) is 152 Å². The predicted octanol–water partition coefficient (Wildman–Crippen LogP) is 18.2. The first-order valence-electron chi connectivity index (χ1n) is 49.5. The number of hydrogen-bond donors (Lipinski definition) is 0. The van der Waals surface area contributed by atoms with Gasteiger partial charge in [-0.2, -0.15) is 20.4 Å². The van der Waals surface area contributed by atoms with Crippen LogP contribution in [-0.2, 0) is 92.5 Å². The van der Waals surface area contributed by atoms with Gasteiger partial charge in [0.25, 0.3) is 12.9 Å². The maximum Gasteiger partial charge on any atom is 0.266 e. The molecule has 0 bridgehead atoms. The number of nitrogens with zero attached hydrogens (tertiary/aromatic N) is 24. The number of fused-ring (bicyclic) bond motifs is 8. The summed E-state index contributed by atoms with van der Waals surface area (Å²) in [4.78, 5) is 98.3. The van der Waals surface area contributed by atoms with Gasteiger partial charge >= 0.3 is 0 Å². The number of carbonyl (C=O) groups is 4. The maximum absolute atomic E-state index is 14.3. The lowest BCUT2D eigenvalue weighted by molar-refractivity contribution is -0.136. The van der Waals surface area contributed by atoms with E-state index in [1.54, 1.807) is 71.9 Å². The Bertz CT molecular complexity index is 7240. The van der Waals surface area contributed by atoms with Gasteiger partial charge in [0, 0.05) is 236 Å². The summed E-state index contributed by atoms with van der Waals surface area (Å²) < 4.78 is 94.9. The summed E-state index contributed by atoms with van der Waals surface area (Å²) >= 11 is 0. The van der Waals surface area contributed by atoms with Gasteiger partial charge in [-0.1, -0.05) is 60.7 Å². The van der Waals surface area contributed by atoms with Gasteiger partial charge in [-0.3, -0.25) is 47.9 Å². The Kier molecular flexibility index (Phi) is 26.0. The van der Waals surface area contributed by atoms with Crippen molar-refractivity contribution < 1.29 is 55.7 Å². The van der Waals surface area contributed by atoms with Crippen molar-refractivity contribution in [1.82, 2.24) is 117 Å². The highest BCUT2D eigenvalue weighted by atomic mass is 19.3. The van der Waals surface area contributed by atoms with Crippen molar-refractivity contribution in [1.29, 1.82) is 0 Å². The number of alkyl halides is 4. The van der Waals surface area contributed by atoms with Crippen LogP contribution in [0.15, 0.2) is 146 Å². The van der Waals surface area contributed by atoms with Gasteiger partial charge in [0.1, 0.15) is 70.2 Å². The van der Waals surface area contributed by atoms with E-state index in [0.29, 0.717) is 109 Å². The molecule has 4 amide bonds. The van der Waals surface area contributed by atoms with Gasteiger partial charge in [-0.25, -0.2) is 47.5 Å². The van der Waals surface area contributed by atoms with Crippen LogP contribution < -0.4 is 0 Å². The van der Waals surface area contributed by atoms with E-state index in [1.165, 1.54) is 12.1 Å². The molecule has 8 aliphatic heterocycles. The summed E-state index contributed by atoms with van der Waals surface area (Å²) in [5.41, 5.74) is 18.7. The third-order valence-corrected chi connectivity index (χ3v) is 29.8. The van der Waals surface area contributed by atoms with Gasteiger partial charge in [0.05, 0.1) is 106 Å². The zero-order valence-corrected chi connectivity index (χ0v) is 83.3. The number of imidazole rings is 4. The van der Waals surface area contributed by atoms with Crippen molar-refractivity contribution in [3.63, 3.8) is 0 Å². The van der Waals surface area contributed by atoms with E-state index in [-0.39, 0.29) is 70.1 Å². The fourth-order valence-electron chi connectivity index (χ4n) is 22.5. The predicted molar refractivity (Wildman–Crippen MR) is 536 cm³/mol. The quantitative estimate of drug-likeness (QED) is 0.0913. The highest BCUT2D eigenvalue weighted by Crippen LogP contribution is 2.48. The van der Waals surface area contributed by atoms with Crippen LogP contribution in [0.1, 0.15) is 208 Å². The Morgan fingerprint density at radius 1 is 0.319 bits per heavy atom. The van der Waals surface area contributed by atoms with E-state index in [1.807, 2.05) is 150 Å². The molecule has 0 aliphatic carbocycles. The van der Waals surface area contributed by atoms with Crippen molar-refractivity contribution in [2.45, 2.75) is 180 Å². The van der Waals surface area contributed by atoms with Crippen LogP contribution in [0.2, 0.25) is 0 Å². The third kappa shape index (κ3) is 17.5. The molecule has 24 rings (SSSR count). The molecule has 12 aromatic heterocycles. The Balaban J connectivity index is 0.000000113. The molecular formula is C108H116F4N24O8. The second kappa shape index (κ2) is 39.1. The third-order valence-electron chi connectivity index (χ3n) is 29.8. The topological polar surface area (TPSA) is 312 Å². The molecule has 0 N–H and O–H groups in total. The van der Waals surface area contributed by atoms with E-state index in [9.17, 15) is 36.7 Å². The average Bonchev–Trinajstić information content (AvgIpc) is 1.56. The molecule has 144 heavy (non-hydrogen) atoms. The average molecular weight is 1950 g/mol. The minimum Gasteiger partial charge on any atom is -0.381 e. The van der Waals surface area contributed by atoms with E-state index in [0.717, 1.165) is 213 Å². The molecular weight excluding hydrogens is 1840 g/mol. The van der Waals surface area contributed by atoms with Crippen LogP contribution in [0.5, 0.6) is 0 Å². The van der Waals surface area contributed by atoms with E-state index in [2.05, 4.69) is 97.2 Å². The van der Waals surface area contributed by atoms with Gasteiger partial charge in [0.15, 0.2) is 0 Å². The molecule has 4 aromatic carbocycles.